The highest BCUT2D eigenvalue weighted by Gasteiger charge is 2.36. The molecular weight excluding hydrogens is 334 g/mol. The van der Waals surface area contributed by atoms with Crippen molar-refractivity contribution in [3.8, 4) is 0 Å². The van der Waals surface area contributed by atoms with Crippen LogP contribution in [0.4, 0.5) is 5.69 Å². The molecule has 1 fully saturated rings. The van der Waals surface area contributed by atoms with Crippen molar-refractivity contribution < 1.29 is 24.0 Å². The van der Waals surface area contributed by atoms with E-state index in [0.29, 0.717) is 18.8 Å². The van der Waals surface area contributed by atoms with Crippen LogP contribution < -0.4 is 15.5 Å². The van der Waals surface area contributed by atoms with Crippen LogP contribution in [0.5, 0.6) is 0 Å². The topological polar surface area (TPSA) is 88.9 Å². The lowest BCUT2D eigenvalue weighted by Crippen LogP contribution is -3.20. The summed E-state index contributed by atoms with van der Waals surface area (Å²) in [7, 11) is 1.29. The summed E-state index contributed by atoms with van der Waals surface area (Å²) in [4.78, 5) is 36.8. The van der Waals surface area contributed by atoms with E-state index in [1.54, 1.807) is 0 Å². The highest BCUT2D eigenvalue weighted by molar-refractivity contribution is 5.95. The fourth-order valence-electron chi connectivity index (χ4n) is 3.21. The Kier molecular flexibility index (Phi) is 5.48. The van der Waals surface area contributed by atoms with E-state index in [4.69, 9.17) is 0 Å². The largest absolute Gasteiger partial charge is 0.469 e. The molecule has 136 valence electrons. The van der Waals surface area contributed by atoms with Gasteiger partial charge in [-0.1, -0.05) is 30.3 Å². The number of rotatable bonds is 5. The molecule has 1 unspecified atom stereocenters. The Morgan fingerprint density at radius 1 is 1.23 bits per heavy atom. The number of fused-ring (bicyclic) bond motifs is 1. The number of carbonyl (C=O) groups excluding carboxylic acids is 3. The molecular formula is C19H22N3O4+. The highest BCUT2D eigenvalue weighted by atomic mass is 16.5. The average Bonchev–Trinajstić information content (AvgIpc) is 2.64. The summed E-state index contributed by atoms with van der Waals surface area (Å²) in [5, 5.41) is 7.75. The van der Waals surface area contributed by atoms with Gasteiger partial charge in [-0.25, -0.2) is 0 Å². The molecule has 1 saturated heterocycles. The molecule has 1 heterocycles. The van der Waals surface area contributed by atoms with Crippen molar-refractivity contribution in [1.29, 1.82) is 0 Å². The second kappa shape index (κ2) is 7.97. The lowest BCUT2D eigenvalue weighted by molar-refractivity contribution is -0.909. The molecule has 0 bridgehead atoms. The molecule has 2 aromatic rings. The summed E-state index contributed by atoms with van der Waals surface area (Å²) in [6.45, 7) is 1.18. The lowest BCUT2D eigenvalue weighted by atomic mass is 10.1. The van der Waals surface area contributed by atoms with Crippen molar-refractivity contribution in [3.63, 3.8) is 0 Å². The summed E-state index contributed by atoms with van der Waals surface area (Å²) in [6, 6.07) is 13.0. The summed E-state index contributed by atoms with van der Waals surface area (Å²) in [5.74, 6) is -0.880. The normalized spacial score (nSPS) is 19.7. The van der Waals surface area contributed by atoms with Gasteiger partial charge >= 0.3 is 5.97 Å². The number of piperazine rings is 1. The molecule has 3 rings (SSSR count). The van der Waals surface area contributed by atoms with E-state index in [0.717, 1.165) is 15.7 Å². The van der Waals surface area contributed by atoms with E-state index in [2.05, 4.69) is 15.4 Å². The average molecular weight is 356 g/mol. The number of nitrogens with one attached hydrogen (secondary N) is 3. The van der Waals surface area contributed by atoms with Gasteiger partial charge in [0.15, 0.2) is 12.6 Å². The first-order chi connectivity index (χ1) is 12.6. The van der Waals surface area contributed by atoms with Crippen molar-refractivity contribution in [2.75, 3.05) is 32.1 Å². The van der Waals surface area contributed by atoms with Crippen LogP contribution in [0, 0.1) is 0 Å². The Morgan fingerprint density at radius 3 is 2.77 bits per heavy atom. The Balaban J connectivity index is 1.66. The van der Waals surface area contributed by atoms with Crippen LogP contribution in [-0.2, 0) is 19.1 Å². The van der Waals surface area contributed by atoms with Gasteiger partial charge < -0.3 is 20.3 Å². The number of methoxy groups -OCH3 is 1. The first kappa shape index (κ1) is 17.9. The molecule has 3 N–H and O–H groups in total. The number of hydrogen-bond acceptors (Lipinski definition) is 4. The molecule has 0 saturated carbocycles. The van der Waals surface area contributed by atoms with Gasteiger partial charge in [0.25, 0.3) is 11.8 Å². The van der Waals surface area contributed by atoms with Crippen molar-refractivity contribution in [1.82, 2.24) is 5.32 Å². The van der Waals surface area contributed by atoms with Gasteiger partial charge in [0, 0.05) is 5.69 Å². The molecule has 0 aliphatic carbocycles. The Morgan fingerprint density at radius 2 is 2.00 bits per heavy atom. The standard InChI is InChI=1S/C19H21N3O4/c1-26-18(24)11-16-19(25)20-8-9-22(16)12-17(23)21-15-7-6-13-4-2-3-5-14(13)10-15/h2-7,10,16H,8-9,11-12H2,1H3,(H,20,25)(H,21,23)/p+1/t16-/m1/s1. The summed E-state index contributed by atoms with van der Waals surface area (Å²) >= 11 is 0. The van der Waals surface area contributed by atoms with Crippen molar-refractivity contribution in [2.45, 2.75) is 12.5 Å². The molecule has 0 aromatic heterocycles. The Labute approximate surface area is 151 Å². The maximum absolute atomic E-state index is 12.4. The van der Waals surface area contributed by atoms with Gasteiger partial charge in [0.05, 0.1) is 20.2 Å². The van der Waals surface area contributed by atoms with Crippen LogP contribution in [0.25, 0.3) is 10.8 Å². The quantitative estimate of drug-likeness (QED) is 0.643. The summed E-state index contributed by atoms with van der Waals surface area (Å²) in [5.41, 5.74) is 0.707. The minimum atomic E-state index is -0.612. The maximum Gasteiger partial charge on any atom is 0.312 e. The molecule has 1 aliphatic heterocycles. The minimum absolute atomic E-state index is 0.0408. The number of anilines is 1. The van der Waals surface area contributed by atoms with Crippen LogP contribution in [-0.4, -0.2) is 50.6 Å². The fraction of sp³-hybridized carbons (Fsp3) is 0.316. The van der Waals surface area contributed by atoms with Crippen LogP contribution in [0.2, 0.25) is 0 Å². The molecule has 2 amide bonds. The molecule has 26 heavy (non-hydrogen) atoms. The third kappa shape index (κ3) is 4.18. The van der Waals surface area contributed by atoms with Crippen molar-refractivity contribution in [3.05, 3.63) is 42.5 Å². The molecule has 7 nitrogen and oxygen atoms in total. The maximum atomic E-state index is 12.4. The number of carbonyl (C=O) groups is 3. The van der Waals surface area contributed by atoms with E-state index < -0.39 is 12.0 Å². The smallest absolute Gasteiger partial charge is 0.312 e. The molecule has 2 aromatic carbocycles. The number of amides is 2. The zero-order chi connectivity index (χ0) is 18.5. The van der Waals surface area contributed by atoms with Gasteiger partial charge in [-0.15, -0.1) is 0 Å². The van der Waals surface area contributed by atoms with Gasteiger partial charge in [0.2, 0.25) is 0 Å². The molecule has 2 atom stereocenters. The highest BCUT2D eigenvalue weighted by Crippen LogP contribution is 2.18. The first-order valence-corrected chi connectivity index (χ1v) is 8.54. The molecule has 1 aliphatic rings. The van der Waals surface area contributed by atoms with Gasteiger partial charge in [-0.05, 0) is 22.9 Å². The second-order valence-electron chi connectivity index (χ2n) is 6.32. The lowest BCUT2D eigenvalue weighted by Gasteiger charge is -2.30. The number of esters is 1. The second-order valence-corrected chi connectivity index (χ2v) is 6.32. The summed E-state index contributed by atoms with van der Waals surface area (Å²) in [6.07, 6.45) is -0.0408. The Bertz CT molecular complexity index is 836. The van der Waals surface area contributed by atoms with Crippen molar-refractivity contribution in [2.24, 2.45) is 0 Å². The van der Waals surface area contributed by atoms with Crippen LogP contribution in [0.3, 0.4) is 0 Å². The van der Waals surface area contributed by atoms with E-state index in [9.17, 15) is 14.4 Å². The van der Waals surface area contributed by atoms with E-state index in [1.165, 1.54) is 7.11 Å². The predicted octanol–water partition coefficient (Wildman–Crippen LogP) is -0.275. The first-order valence-electron chi connectivity index (χ1n) is 8.54. The van der Waals surface area contributed by atoms with Gasteiger partial charge in [-0.2, -0.15) is 0 Å². The number of benzene rings is 2. The van der Waals surface area contributed by atoms with Crippen molar-refractivity contribution >= 4 is 34.2 Å². The third-order valence-corrected chi connectivity index (χ3v) is 4.57. The van der Waals surface area contributed by atoms with E-state index in [-0.39, 0.29) is 24.8 Å². The monoisotopic (exact) mass is 356 g/mol. The Hall–Kier alpha value is -2.93. The third-order valence-electron chi connectivity index (χ3n) is 4.57. The van der Waals surface area contributed by atoms with Crippen LogP contribution in [0.15, 0.2) is 42.5 Å². The predicted molar refractivity (Wildman–Crippen MR) is 96.7 cm³/mol. The van der Waals surface area contributed by atoms with E-state index in [1.807, 2.05) is 42.5 Å². The van der Waals surface area contributed by atoms with Crippen LogP contribution in [0.1, 0.15) is 6.42 Å². The van der Waals surface area contributed by atoms with E-state index >= 15 is 0 Å². The zero-order valence-corrected chi connectivity index (χ0v) is 14.6. The molecule has 0 spiro atoms. The zero-order valence-electron chi connectivity index (χ0n) is 14.6. The fourth-order valence-corrected chi connectivity index (χ4v) is 3.21. The van der Waals surface area contributed by atoms with Crippen LogP contribution >= 0.6 is 0 Å². The molecule has 0 radical (unpaired) electrons. The molecule has 7 heteroatoms. The number of ether oxygens (including phenoxy) is 1. The summed E-state index contributed by atoms with van der Waals surface area (Å²) < 4.78 is 4.66. The van der Waals surface area contributed by atoms with Gasteiger partial charge in [0.1, 0.15) is 6.42 Å². The SMILES string of the molecule is COC(=O)C[C@@H]1C(=O)NCC[NH+]1CC(=O)Nc1ccc2ccccc2c1. The van der Waals surface area contributed by atoms with Gasteiger partial charge in [-0.3, -0.25) is 14.4 Å². The number of quaternary nitrogens is 1. The number of hydrogen-bond donors (Lipinski definition) is 3. The minimum Gasteiger partial charge on any atom is -0.469 e.